The number of anilines is 1. The van der Waals surface area contributed by atoms with E-state index in [1.54, 1.807) is 24.4 Å². The van der Waals surface area contributed by atoms with Crippen LogP contribution in [0.5, 0.6) is 0 Å². The molecule has 0 saturated heterocycles. The molecule has 0 spiro atoms. The van der Waals surface area contributed by atoms with Crippen LogP contribution in [-0.2, 0) is 16.6 Å². The first-order valence-electron chi connectivity index (χ1n) is 12.0. The lowest BCUT2D eigenvalue weighted by Gasteiger charge is -2.12. The molecule has 1 aromatic heterocycles. The second kappa shape index (κ2) is 10.1. The van der Waals surface area contributed by atoms with E-state index in [0.717, 1.165) is 27.8 Å². The van der Waals surface area contributed by atoms with E-state index in [1.165, 1.54) is 40.4 Å². The number of nitrogens with zero attached hydrogens (tertiary/aromatic N) is 2. The average molecular weight is 528 g/mol. The van der Waals surface area contributed by atoms with E-state index < -0.39 is 10.0 Å². The zero-order chi connectivity index (χ0) is 26.9. The highest BCUT2D eigenvalue weighted by molar-refractivity contribution is 7.90. The van der Waals surface area contributed by atoms with Crippen LogP contribution in [0.15, 0.2) is 108 Å². The van der Waals surface area contributed by atoms with Gasteiger partial charge >= 0.3 is 0 Å². The number of benzene rings is 4. The van der Waals surface area contributed by atoms with Crippen molar-refractivity contribution in [1.29, 1.82) is 0 Å². The third kappa shape index (κ3) is 4.90. The number of halogens is 1. The van der Waals surface area contributed by atoms with E-state index in [2.05, 4.69) is 5.32 Å². The average Bonchev–Trinajstić information content (AvgIpc) is 3.33. The molecule has 1 heterocycles. The van der Waals surface area contributed by atoms with Crippen LogP contribution in [0.2, 0.25) is 0 Å². The van der Waals surface area contributed by atoms with Gasteiger partial charge in [-0.2, -0.15) is 0 Å². The van der Waals surface area contributed by atoms with Crippen molar-refractivity contribution in [3.63, 3.8) is 0 Å². The first-order chi connectivity index (χ1) is 18.2. The molecule has 4 aromatic carbocycles. The van der Waals surface area contributed by atoms with Gasteiger partial charge in [-0.1, -0.05) is 42.5 Å². The Hall–Kier alpha value is -4.43. The van der Waals surface area contributed by atoms with E-state index in [-0.39, 0.29) is 23.2 Å². The summed E-state index contributed by atoms with van der Waals surface area (Å²) in [6.07, 6.45) is 1.65. The first kappa shape index (κ1) is 25.2. The van der Waals surface area contributed by atoms with Gasteiger partial charge in [0.2, 0.25) is 0 Å². The molecular formula is C30H26FN3O3S. The lowest BCUT2D eigenvalue weighted by atomic mass is 10.0. The van der Waals surface area contributed by atoms with Crippen LogP contribution < -0.4 is 10.2 Å². The van der Waals surface area contributed by atoms with Gasteiger partial charge < -0.3 is 10.2 Å². The monoisotopic (exact) mass is 527 g/mol. The Kier molecular flexibility index (Phi) is 6.73. The highest BCUT2D eigenvalue weighted by atomic mass is 32.2. The number of hydrogen-bond donors (Lipinski definition) is 1. The summed E-state index contributed by atoms with van der Waals surface area (Å²) in [5.74, 6) is -0.699. The number of para-hydroxylation sites is 1. The van der Waals surface area contributed by atoms with Crippen LogP contribution in [0.1, 0.15) is 15.9 Å². The number of carbonyl (C=O) groups excluding carboxylic acids is 1. The summed E-state index contributed by atoms with van der Waals surface area (Å²) in [4.78, 5) is 14.7. The number of aromatic nitrogens is 1. The molecule has 0 radical (unpaired) electrons. The fraction of sp³-hybridized carbons (Fsp3) is 0.100. The molecule has 0 bridgehead atoms. The molecule has 0 unspecified atom stereocenters. The van der Waals surface area contributed by atoms with Gasteiger partial charge in [0, 0.05) is 49.0 Å². The fourth-order valence-corrected chi connectivity index (χ4v) is 5.67. The Morgan fingerprint density at radius 1 is 0.868 bits per heavy atom. The predicted molar refractivity (Wildman–Crippen MR) is 148 cm³/mol. The quantitative estimate of drug-likeness (QED) is 0.296. The van der Waals surface area contributed by atoms with E-state index in [9.17, 15) is 17.6 Å². The lowest BCUT2D eigenvalue weighted by Crippen LogP contribution is -2.22. The summed E-state index contributed by atoms with van der Waals surface area (Å²) >= 11 is 0. The van der Waals surface area contributed by atoms with Crippen LogP contribution >= 0.6 is 0 Å². The third-order valence-corrected chi connectivity index (χ3v) is 8.10. The summed E-state index contributed by atoms with van der Waals surface area (Å²) in [5.41, 5.74) is 4.42. The standard InChI is InChI=1S/C30H26FN3O3S/c1-33(2)25-15-9-22(10-16-25)28-20-34(29-6-4-3-5-27(28)29)38(36,37)26-17-11-23(12-18-26)30(35)32-19-21-7-13-24(31)14-8-21/h3-18,20H,19H2,1-2H3,(H,32,35). The minimum absolute atomic E-state index is 0.0721. The minimum Gasteiger partial charge on any atom is -0.378 e. The highest BCUT2D eigenvalue weighted by Gasteiger charge is 2.22. The second-order valence-corrected chi connectivity index (χ2v) is 11.0. The molecule has 192 valence electrons. The van der Waals surface area contributed by atoms with Gasteiger partial charge in [0.1, 0.15) is 5.82 Å². The molecule has 5 aromatic rings. The van der Waals surface area contributed by atoms with E-state index >= 15 is 0 Å². The van der Waals surface area contributed by atoms with Gasteiger partial charge in [-0.15, -0.1) is 0 Å². The van der Waals surface area contributed by atoms with Crippen molar-refractivity contribution in [3.8, 4) is 11.1 Å². The number of nitrogens with one attached hydrogen (secondary N) is 1. The molecule has 6 nitrogen and oxygen atoms in total. The molecular weight excluding hydrogens is 501 g/mol. The van der Waals surface area contributed by atoms with Crippen molar-refractivity contribution < 1.29 is 17.6 Å². The second-order valence-electron chi connectivity index (χ2n) is 9.14. The van der Waals surface area contributed by atoms with Crippen molar-refractivity contribution in [3.05, 3.63) is 120 Å². The van der Waals surface area contributed by atoms with Crippen LogP contribution in [0.3, 0.4) is 0 Å². The summed E-state index contributed by atoms with van der Waals surface area (Å²) in [7, 11) is -0.00258. The zero-order valence-electron chi connectivity index (χ0n) is 20.9. The molecule has 0 aliphatic carbocycles. The number of carbonyl (C=O) groups is 1. The number of amides is 1. The van der Waals surface area contributed by atoms with Gasteiger partial charge in [0.15, 0.2) is 0 Å². The van der Waals surface area contributed by atoms with Crippen molar-refractivity contribution >= 4 is 32.5 Å². The van der Waals surface area contributed by atoms with Gasteiger partial charge in [0.05, 0.1) is 10.4 Å². The van der Waals surface area contributed by atoms with Crippen LogP contribution in [0.4, 0.5) is 10.1 Å². The van der Waals surface area contributed by atoms with E-state index in [1.807, 2.05) is 61.5 Å². The number of fused-ring (bicyclic) bond motifs is 1. The van der Waals surface area contributed by atoms with E-state index in [4.69, 9.17) is 0 Å². The van der Waals surface area contributed by atoms with E-state index in [0.29, 0.717) is 11.1 Å². The molecule has 0 atom stereocenters. The normalized spacial score (nSPS) is 11.4. The van der Waals surface area contributed by atoms with Gasteiger partial charge in [-0.25, -0.2) is 16.8 Å². The first-order valence-corrected chi connectivity index (χ1v) is 13.4. The van der Waals surface area contributed by atoms with Crippen LogP contribution in [0.25, 0.3) is 22.0 Å². The topological polar surface area (TPSA) is 71.4 Å². The van der Waals surface area contributed by atoms with Crippen molar-refractivity contribution in [2.24, 2.45) is 0 Å². The van der Waals surface area contributed by atoms with Crippen molar-refractivity contribution in [2.75, 3.05) is 19.0 Å². The highest BCUT2D eigenvalue weighted by Crippen LogP contribution is 2.33. The summed E-state index contributed by atoms with van der Waals surface area (Å²) < 4.78 is 41.7. The molecule has 1 N–H and O–H groups in total. The molecule has 0 fully saturated rings. The molecule has 5 rings (SSSR count). The Bertz CT molecular complexity index is 1710. The Balaban J connectivity index is 1.42. The van der Waals surface area contributed by atoms with Crippen molar-refractivity contribution in [2.45, 2.75) is 11.4 Å². The SMILES string of the molecule is CN(C)c1ccc(-c2cn(S(=O)(=O)c3ccc(C(=O)NCc4ccc(F)cc4)cc3)c3ccccc23)cc1. The molecule has 38 heavy (non-hydrogen) atoms. The summed E-state index contributed by atoms with van der Waals surface area (Å²) in [6, 6.07) is 27.0. The molecule has 1 amide bonds. The minimum atomic E-state index is -3.93. The number of rotatable bonds is 7. The maximum absolute atomic E-state index is 13.7. The molecule has 0 aliphatic rings. The fourth-order valence-electron chi connectivity index (χ4n) is 4.30. The maximum atomic E-state index is 13.7. The molecule has 8 heteroatoms. The smallest absolute Gasteiger partial charge is 0.268 e. The Morgan fingerprint density at radius 2 is 1.53 bits per heavy atom. The predicted octanol–water partition coefficient (Wildman–Crippen LogP) is 5.68. The zero-order valence-corrected chi connectivity index (χ0v) is 21.7. The summed E-state index contributed by atoms with van der Waals surface area (Å²) in [5, 5.41) is 3.59. The van der Waals surface area contributed by atoms with Crippen LogP contribution in [0, 0.1) is 5.82 Å². The lowest BCUT2D eigenvalue weighted by molar-refractivity contribution is 0.0951. The molecule has 0 aliphatic heterocycles. The van der Waals surface area contributed by atoms with Crippen molar-refractivity contribution in [1.82, 2.24) is 9.29 Å². The van der Waals surface area contributed by atoms with Gasteiger partial charge in [-0.3, -0.25) is 4.79 Å². The maximum Gasteiger partial charge on any atom is 0.268 e. The molecule has 0 saturated carbocycles. The largest absolute Gasteiger partial charge is 0.378 e. The van der Waals surface area contributed by atoms with Crippen LogP contribution in [-0.4, -0.2) is 32.4 Å². The summed E-state index contributed by atoms with van der Waals surface area (Å²) in [6.45, 7) is 0.229. The Morgan fingerprint density at radius 3 is 2.18 bits per heavy atom. The third-order valence-electron chi connectivity index (χ3n) is 6.41. The number of hydrogen-bond acceptors (Lipinski definition) is 4. The van der Waals surface area contributed by atoms with Gasteiger partial charge in [-0.05, 0) is 65.7 Å². The Labute approximate surface area is 221 Å². The van der Waals surface area contributed by atoms with Gasteiger partial charge in [0.25, 0.3) is 15.9 Å².